The number of aliphatic hydroxyl groups is 1. The van der Waals surface area contributed by atoms with Gasteiger partial charge in [0.1, 0.15) is 0 Å². The molecule has 0 radical (unpaired) electrons. The quantitative estimate of drug-likeness (QED) is 0.478. The molecule has 1 N–H and O–H groups in total. The molecule has 2 nitrogen and oxygen atoms in total. The first-order valence-corrected chi connectivity index (χ1v) is 2.13. The van der Waals surface area contributed by atoms with Gasteiger partial charge in [-0.25, -0.2) is 0 Å². The van der Waals surface area contributed by atoms with Gasteiger partial charge in [-0.05, 0) is 6.92 Å². The Kier molecular flexibility index (Phi) is 7.71. The maximum Gasteiger partial charge on any atom is 0.0820 e. The van der Waals surface area contributed by atoms with Crippen LogP contribution >= 0.6 is 0 Å². The van der Waals surface area contributed by atoms with E-state index >= 15 is 0 Å². The predicted molar refractivity (Wildman–Crippen MR) is 32.3 cm³/mol. The molecule has 0 aliphatic carbocycles. The van der Waals surface area contributed by atoms with Crippen LogP contribution in [0.4, 0.5) is 0 Å². The molecule has 0 unspecified atom stereocenters. The van der Waals surface area contributed by atoms with Gasteiger partial charge in [-0.2, -0.15) is 0 Å². The van der Waals surface area contributed by atoms with Crippen molar-refractivity contribution in [3.63, 3.8) is 0 Å². The Morgan fingerprint density at radius 3 is 1.38 bits per heavy atom. The molecule has 0 heterocycles. The van der Waals surface area contributed by atoms with Crippen molar-refractivity contribution in [1.29, 1.82) is 0 Å². The lowest BCUT2D eigenvalue weighted by Crippen LogP contribution is -1.92. The molecule has 0 aliphatic rings. The van der Waals surface area contributed by atoms with Gasteiger partial charge in [-0.1, -0.05) is 13.5 Å². The van der Waals surface area contributed by atoms with Crippen LogP contribution in [0.15, 0.2) is 24.7 Å². The molecule has 0 bridgehead atoms. The lowest BCUT2D eigenvalue weighted by atomic mass is 10.7. The standard InChI is InChI=1S/2C3H6O/c2*1-3(2)4/h2*4H,1H2,2H3/p-1. The molecule has 0 aromatic rings. The summed E-state index contributed by atoms with van der Waals surface area (Å²) in [5.41, 5.74) is 0. The van der Waals surface area contributed by atoms with Gasteiger partial charge in [0, 0.05) is 0 Å². The Labute approximate surface area is 49.8 Å². The highest BCUT2D eigenvalue weighted by Crippen LogP contribution is 1.66. The molecule has 0 spiro atoms. The Morgan fingerprint density at radius 2 is 1.38 bits per heavy atom. The summed E-state index contributed by atoms with van der Waals surface area (Å²) >= 11 is 0. The maximum atomic E-state index is 9.33. The molecule has 0 saturated carbocycles. The molecular formula is C6H11O2-. The average molecular weight is 115 g/mol. The Hall–Kier alpha value is -0.920. The van der Waals surface area contributed by atoms with E-state index in [1.165, 1.54) is 13.8 Å². The van der Waals surface area contributed by atoms with Crippen molar-refractivity contribution in [3.8, 4) is 0 Å². The van der Waals surface area contributed by atoms with Gasteiger partial charge in [-0.15, -0.1) is 12.3 Å². The second kappa shape index (κ2) is 6.08. The Morgan fingerprint density at radius 1 is 1.38 bits per heavy atom. The third-order valence-corrected chi connectivity index (χ3v) is 0. The summed E-state index contributed by atoms with van der Waals surface area (Å²) in [4.78, 5) is 0. The van der Waals surface area contributed by atoms with Gasteiger partial charge in [0.2, 0.25) is 0 Å². The molecule has 0 aromatic carbocycles. The lowest BCUT2D eigenvalue weighted by Gasteiger charge is -1.92. The highest BCUT2D eigenvalue weighted by atomic mass is 16.3. The molecule has 0 fully saturated rings. The molecule has 0 saturated heterocycles. The highest BCUT2D eigenvalue weighted by molar-refractivity contribution is 4.67. The summed E-state index contributed by atoms with van der Waals surface area (Å²) < 4.78 is 0. The fourth-order valence-electron chi connectivity index (χ4n) is 0. The van der Waals surface area contributed by atoms with E-state index in [0.717, 1.165) is 0 Å². The van der Waals surface area contributed by atoms with Gasteiger partial charge < -0.3 is 10.2 Å². The summed E-state index contributed by atoms with van der Waals surface area (Å²) in [5.74, 6) is 0.0833. The van der Waals surface area contributed by atoms with Crippen LogP contribution in [-0.4, -0.2) is 5.11 Å². The van der Waals surface area contributed by atoms with Crippen molar-refractivity contribution < 1.29 is 10.2 Å². The van der Waals surface area contributed by atoms with Crippen molar-refractivity contribution in [2.45, 2.75) is 13.8 Å². The zero-order valence-electron chi connectivity index (χ0n) is 5.27. The van der Waals surface area contributed by atoms with Gasteiger partial charge in [0.25, 0.3) is 0 Å². The van der Waals surface area contributed by atoms with E-state index in [2.05, 4.69) is 13.2 Å². The third-order valence-electron chi connectivity index (χ3n) is 0. The van der Waals surface area contributed by atoms with E-state index in [-0.39, 0.29) is 11.5 Å². The number of rotatable bonds is 0. The van der Waals surface area contributed by atoms with E-state index in [4.69, 9.17) is 5.11 Å². The molecule has 8 heavy (non-hydrogen) atoms. The van der Waals surface area contributed by atoms with Crippen LogP contribution in [0.1, 0.15) is 13.8 Å². The van der Waals surface area contributed by atoms with Crippen molar-refractivity contribution in [1.82, 2.24) is 0 Å². The third kappa shape index (κ3) is 99.9. The molecule has 2 heteroatoms. The van der Waals surface area contributed by atoms with Crippen LogP contribution in [0.2, 0.25) is 0 Å². The highest BCUT2D eigenvalue weighted by Gasteiger charge is 1.53. The van der Waals surface area contributed by atoms with E-state index in [1.807, 2.05) is 0 Å². The summed E-state index contributed by atoms with van der Waals surface area (Å²) in [6, 6.07) is 0. The first-order valence-electron chi connectivity index (χ1n) is 2.13. The largest absolute Gasteiger partial charge is 0.876 e. The minimum absolute atomic E-state index is 0.0833. The minimum Gasteiger partial charge on any atom is -0.876 e. The summed E-state index contributed by atoms with van der Waals surface area (Å²) in [7, 11) is 0. The summed E-state index contributed by atoms with van der Waals surface area (Å²) in [6.07, 6.45) is 0. The zero-order chi connectivity index (χ0) is 7.15. The van der Waals surface area contributed by atoms with E-state index < -0.39 is 0 Å². The van der Waals surface area contributed by atoms with Crippen molar-refractivity contribution in [2.75, 3.05) is 0 Å². The van der Waals surface area contributed by atoms with E-state index in [9.17, 15) is 5.11 Å². The second-order valence-corrected chi connectivity index (χ2v) is 1.44. The molecular weight excluding hydrogens is 104 g/mol. The van der Waals surface area contributed by atoms with Crippen LogP contribution in [-0.2, 0) is 0 Å². The number of allylic oxidation sites excluding steroid dienone is 2. The van der Waals surface area contributed by atoms with Crippen LogP contribution in [0.25, 0.3) is 0 Å². The van der Waals surface area contributed by atoms with Crippen LogP contribution in [0, 0.1) is 0 Å². The SMILES string of the molecule is C=C(C)O.C=C(C)[O-]. The number of hydrogen-bond acceptors (Lipinski definition) is 2. The van der Waals surface area contributed by atoms with Gasteiger partial charge in [0.15, 0.2) is 0 Å². The van der Waals surface area contributed by atoms with Crippen LogP contribution < -0.4 is 5.11 Å². The van der Waals surface area contributed by atoms with E-state index in [0.29, 0.717) is 0 Å². The molecule has 48 valence electrons. The summed E-state index contributed by atoms with van der Waals surface area (Å²) in [6.45, 7) is 9.06. The molecule has 0 amide bonds. The Balaban J connectivity index is 0. The maximum absolute atomic E-state index is 9.33. The Bertz CT molecular complexity index is 64.5. The zero-order valence-corrected chi connectivity index (χ0v) is 5.27. The fraction of sp³-hybridized carbons (Fsp3) is 0.333. The number of aliphatic hydroxyl groups excluding tert-OH is 1. The first kappa shape index (κ1) is 10.1. The van der Waals surface area contributed by atoms with E-state index in [1.54, 1.807) is 0 Å². The van der Waals surface area contributed by atoms with Crippen molar-refractivity contribution >= 4 is 0 Å². The number of hydrogen-bond donors (Lipinski definition) is 1. The van der Waals surface area contributed by atoms with Crippen molar-refractivity contribution in [3.05, 3.63) is 24.7 Å². The van der Waals surface area contributed by atoms with Crippen molar-refractivity contribution in [2.24, 2.45) is 0 Å². The monoisotopic (exact) mass is 115 g/mol. The predicted octanol–water partition coefficient (Wildman–Crippen LogP) is 0.958. The van der Waals surface area contributed by atoms with Crippen LogP contribution in [0.3, 0.4) is 0 Å². The lowest BCUT2D eigenvalue weighted by molar-refractivity contribution is -0.300. The van der Waals surface area contributed by atoms with Gasteiger partial charge >= 0.3 is 0 Å². The minimum atomic E-state index is -0.0833. The molecule has 0 atom stereocenters. The topological polar surface area (TPSA) is 43.3 Å². The smallest absolute Gasteiger partial charge is 0.0820 e. The van der Waals surface area contributed by atoms with Crippen LogP contribution in [0.5, 0.6) is 0 Å². The second-order valence-electron chi connectivity index (χ2n) is 1.44. The summed E-state index contributed by atoms with van der Waals surface area (Å²) in [5, 5.41) is 17.2. The molecule has 0 rings (SSSR count). The molecule has 0 aromatic heterocycles. The first-order chi connectivity index (χ1) is 3.46. The molecule has 0 aliphatic heterocycles. The fourth-order valence-corrected chi connectivity index (χ4v) is 0. The average Bonchev–Trinajstić information content (AvgIpc) is 1.25. The van der Waals surface area contributed by atoms with Gasteiger partial charge in [0.05, 0.1) is 5.76 Å². The normalized spacial score (nSPS) is 6.25. The van der Waals surface area contributed by atoms with Gasteiger partial charge in [-0.3, -0.25) is 0 Å².